The van der Waals surface area contributed by atoms with E-state index in [0.29, 0.717) is 5.92 Å². The molecule has 0 radical (unpaired) electrons. The van der Waals surface area contributed by atoms with Crippen molar-refractivity contribution in [2.75, 3.05) is 59.7 Å². The molecule has 1 aliphatic rings. The Morgan fingerprint density at radius 2 is 2.10 bits per heavy atom. The number of ether oxygens (including phenoxy) is 2. The fourth-order valence-corrected chi connectivity index (χ4v) is 3.87. The number of nitrogens with zero attached hydrogens (tertiary/aromatic N) is 2. The number of nitrogens with one attached hydrogen (secondary N) is 2. The van der Waals surface area contributed by atoms with Crippen molar-refractivity contribution >= 4 is 17.6 Å². The zero-order chi connectivity index (χ0) is 20.9. The molecule has 164 valence electrons. The first-order chi connectivity index (χ1) is 14.2. The number of halogens is 1. The van der Waals surface area contributed by atoms with Crippen molar-refractivity contribution in [3.05, 3.63) is 34.9 Å². The quantitative estimate of drug-likeness (QED) is 0.306. The van der Waals surface area contributed by atoms with Crippen molar-refractivity contribution in [2.24, 2.45) is 10.9 Å². The highest BCUT2D eigenvalue weighted by Gasteiger charge is 2.20. The molecule has 2 rings (SSSR count). The van der Waals surface area contributed by atoms with Crippen LogP contribution in [0.15, 0.2) is 29.3 Å². The number of aliphatic imine (C=N–C) groups is 1. The van der Waals surface area contributed by atoms with Gasteiger partial charge in [0.2, 0.25) is 0 Å². The second-order valence-corrected chi connectivity index (χ2v) is 7.70. The smallest absolute Gasteiger partial charge is 0.191 e. The number of hydrogen-bond donors (Lipinski definition) is 2. The molecule has 1 saturated heterocycles. The third-order valence-electron chi connectivity index (χ3n) is 5.34. The number of hydrogen-bond acceptors (Lipinski definition) is 4. The Balaban J connectivity index is 1.76. The molecule has 1 aliphatic heterocycles. The molecule has 2 atom stereocenters. The maximum absolute atomic E-state index is 6.48. The van der Waals surface area contributed by atoms with Gasteiger partial charge in [-0.25, -0.2) is 0 Å². The van der Waals surface area contributed by atoms with Crippen molar-refractivity contribution in [3.8, 4) is 0 Å². The van der Waals surface area contributed by atoms with Crippen molar-refractivity contribution in [2.45, 2.75) is 32.7 Å². The molecule has 0 saturated carbocycles. The summed E-state index contributed by atoms with van der Waals surface area (Å²) >= 11 is 6.48. The zero-order valence-corrected chi connectivity index (χ0v) is 18.9. The molecule has 0 aliphatic carbocycles. The molecular weight excluding hydrogens is 388 g/mol. The summed E-state index contributed by atoms with van der Waals surface area (Å²) in [4.78, 5) is 6.76. The van der Waals surface area contributed by atoms with Crippen LogP contribution in [0.3, 0.4) is 0 Å². The van der Waals surface area contributed by atoms with Crippen molar-refractivity contribution in [3.63, 3.8) is 0 Å². The minimum atomic E-state index is 0.189. The zero-order valence-electron chi connectivity index (χ0n) is 18.1. The molecule has 1 aromatic carbocycles. The Hall–Kier alpha value is -1.34. The maximum atomic E-state index is 6.48. The first-order valence-corrected chi connectivity index (χ1v) is 11.2. The third kappa shape index (κ3) is 8.13. The van der Waals surface area contributed by atoms with Crippen LogP contribution < -0.4 is 10.6 Å². The van der Waals surface area contributed by atoms with Crippen LogP contribution in [0.4, 0.5) is 0 Å². The van der Waals surface area contributed by atoms with Gasteiger partial charge in [0.1, 0.15) is 0 Å². The highest BCUT2D eigenvalue weighted by atomic mass is 35.5. The van der Waals surface area contributed by atoms with Crippen LogP contribution in [-0.4, -0.2) is 70.5 Å². The fraction of sp³-hybridized carbons (Fsp3) is 0.682. The van der Waals surface area contributed by atoms with Gasteiger partial charge < -0.3 is 20.1 Å². The summed E-state index contributed by atoms with van der Waals surface area (Å²) < 4.78 is 11.1. The predicted molar refractivity (Wildman–Crippen MR) is 121 cm³/mol. The van der Waals surface area contributed by atoms with Crippen LogP contribution in [0.5, 0.6) is 0 Å². The Kier molecular flexibility index (Phi) is 11.4. The Bertz CT molecular complexity index is 604. The number of benzene rings is 1. The van der Waals surface area contributed by atoms with E-state index in [0.717, 1.165) is 82.0 Å². The highest BCUT2D eigenvalue weighted by Crippen LogP contribution is 2.26. The van der Waals surface area contributed by atoms with Crippen LogP contribution in [0.2, 0.25) is 5.02 Å². The number of guanidine groups is 1. The van der Waals surface area contributed by atoms with E-state index in [1.807, 2.05) is 18.2 Å². The lowest BCUT2D eigenvalue weighted by Gasteiger charge is -2.31. The van der Waals surface area contributed by atoms with Gasteiger partial charge in [-0.05, 0) is 37.6 Å². The van der Waals surface area contributed by atoms with Crippen LogP contribution in [0.1, 0.15) is 38.3 Å². The van der Waals surface area contributed by atoms with Gasteiger partial charge in [-0.3, -0.25) is 9.89 Å². The van der Waals surface area contributed by atoms with Gasteiger partial charge in [0.25, 0.3) is 0 Å². The molecule has 1 aromatic rings. The average Bonchev–Trinajstić information content (AvgIpc) is 3.26. The Morgan fingerprint density at radius 3 is 2.76 bits per heavy atom. The van der Waals surface area contributed by atoms with Gasteiger partial charge >= 0.3 is 0 Å². The topological polar surface area (TPSA) is 58.1 Å². The molecule has 0 amide bonds. The van der Waals surface area contributed by atoms with Crippen LogP contribution in [0, 0.1) is 5.92 Å². The van der Waals surface area contributed by atoms with Gasteiger partial charge in [-0.1, -0.05) is 43.6 Å². The molecule has 1 fully saturated rings. The average molecular weight is 425 g/mol. The molecule has 1 heterocycles. The first-order valence-electron chi connectivity index (χ1n) is 10.8. The highest BCUT2D eigenvalue weighted by molar-refractivity contribution is 6.31. The van der Waals surface area contributed by atoms with E-state index >= 15 is 0 Å². The summed E-state index contributed by atoms with van der Waals surface area (Å²) in [6.45, 7) is 11.1. The molecule has 6 nitrogen and oxygen atoms in total. The molecule has 2 unspecified atom stereocenters. The molecule has 0 spiro atoms. The lowest BCUT2D eigenvalue weighted by atomic mass is 10.0. The predicted octanol–water partition coefficient (Wildman–Crippen LogP) is 3.33. The van der Waals surface area contributed by atoms with Gasteiger partial charge in [0, 0.05) is 44.3 Å². The van der Waals surface area contributed by atoms with Gasteiger partial charge in [-0.2, -0.15) is 0 Å². The SMILES string of the molecule is CCN(CC)C(CNC(=NC)NCCCOCC1CCOC1)c1ccccc1Cl. The normalized spacial score (nSPS) is 18.2. The summed E-state index contributed by atoms with van der Waals surface area (Å²) in [5.41, 5.74) is 1.14. The molecule has 2 N–H and O–H groups in total. The van der Waals surface area contributed by atoms with Crippen molar-refractivity contribution < 1.29 is 9.47 Å². The van der Waals surface area contributed by atoms with E-state index in [-0.39, 0.29) is 6.04 Å². The van der Waals surface area contributed by atoms with E-state index in [1.54, 1.807) is 7.05 Å². The van der Waals surface area contributed by atoms with Gasteiger partial charge in [-0.15, -0.1) is 0 Å². The maximum Gasteiger partial charge on any atom is 0.191 e. The van der Waals surface area contributed by atoms with E-state index < -0.39 is 0 Å². The molecular formula is C22H37ClN4O2. The summed E-state index contributed by atoms with van der Waals surface area (Å²) in [7, 11) is 1.80. The Morgan fingerprint density at radius 1 is 1.31 bits per heavy atom. The summed E-state index contributed by atoms with van der Waals surface area (Å²) in [6, 6.07) is 8.27. The van der Waals surface area contributed by atoms with Crippen LogP contribution in [-0.2, 0) is 9.47 Å². The summed E-state index contributed by atoms with van der Waals surface area (Å²) in [5, 5.41) is 7.64. The summed E-state index contributed by atoms with van der Waals surface area (Å²) in [6.07, 6.45) is 2.06. The fourth-order valence-electron chi connectivity index (χ4n) is 3.61. The second-order valence-electron chi connectivity index (χ2n) is 7.30. The first kappa shape index (κ1) is 23.9. The Labute approximate surface area is 181 Å². The minimum absolute atomic E-state index is 0.189. The number of likely N-dealkylation sites (N-methyl/N-ethyl adjacent to an activating group) is 1. The molecule has 29 heavy (non-hydrogen) atoms. The van der Waals surface area contributed by atoms with Crippen LogP contribution >= 0.6 is 11.6 Å². The molecule has 7 heteroatoms. The van der Waals surface area contributed by atoms with Gasteiger partial charge in [0.05, 0.1) is 19.3 Å². The monoisotopic (exact) mass is 424 g/mol. The van der Waals surface area contributed by atoms with E-state index in [4.69, 9.17) is 21.1 Å². The summed E-state index contributed by atoms with van der Waals surface area (Å²) in [5.74, 6) is 1.37. The lowest BCUT2D eigenvalue weighted by molar-refractivity contribution is 0.0888. The number of rotatable bonds is 12. The van der Waals surface area contributed by atoms with Crippen LogP contribution in [0.25, 0.3) is 0 Å². The molecule has 0 bridgehead atoms. The van der Waals surface area contributed by atoms with E-state index in [1.165, 1.54) is 0 Å². The molecule has 0 aromatic heterocycles. The van der Waals surface area contributed by atoms with E-state index in [9.17, 15) is 0 Å². The third-order valence-corrected chi connectivity index (χ3v) is 5.68. The standard InChI is InChI=1S/C22H37ClN4O2/c1-4-27(5-2)21(19-9-6-7-10-20(19)23)15-26-22(24-3)25-12-8-13-28-16-18-11-14-29-17-18/h6-7,9-10,18,21H,4-5,8,11-17H2,1-3H3,(H2,24,25,26). The van der Waals surface area contributed by atoms with E-state index in [2.05, 4.69) is 40.4 Å². The second kappa shape index (κ2) is 13.8. The van der Waals surface area contributed by atoms with Gasteiger partial charge in [0.15, 0.2) is 5.96 Å². The lowest BCUT2D eigenvalue weighted by Crippen LogP contribution is -2.43. The van der Waals surface area contributed by atoms with Crippen molar-refractivity contribution in [1.82, 2.24) is 15.5 Å². The largest absolute Gasteiger partial charge is 0.381 e. The minimum Gasteiger partial charge on any atom is -0.381 e. The van der Waals surface area contributed by atoms with Crippen molar-refractivity contribution in [1.29, 1.82) is 0 Å².